The number of methoxy groups -OCH3 is 1. The summed E-state index contributed by atoms with van der Waals surface area (Å²) < 4.78 is 28.5. The molecule has 0 aliphatic carbocycles. The third kappa shape index (κ3) is 2.21. The lowest BCUT2D eigenvalue weighted by atomic mass is 10.2. The number of rotatable bonds is 2. The Kier molecular flexibility index (Phi) is 2.98. The van der Waals surface area contributed by atoms with Gasteiger partial charge in [-0.3, -0.25) is 5.41 Å². The fourth-order valence-corrected chi connectivity index (χ4v) is 6.35. The molecule has 1 N–H and O–H groups in total. The second-order valence-corrected chi connectivity index (χ2v) is 8.06. The van der Waals surface area contributed by atoms with Crippen molar-refractivity contribution in [3.63, 3.8) is 0 Å². The Hall–Kier alpha value is -1.21. The van der Waals surface area contributed by atoms with Crippen LogP contribution < -0.4 is 9.64 Å². The van der Waals surface area contributed by atoms with Gasteiger partial charge in [0, 0.05) is 10.9 Å². The molecule has 0 amide bonds. The Morgan fingerprint density at radius 1 is 1.32 bits per heavy atom. The molecule has 19 heavy (non-hydrogen) atoms. The normalized spacial score (nSPS) is 28.5. The highest BCUT2D eigenvalue weighted by Gasteiger charge is 2.48. The van der Waals surface area contributed by atoms with Crippen LogP contribution in [0.2, 0.25) is 0 Å². The van der Waals surface area contributed by atoms with Crippen molar-refractivity contribution < 1.29 is 13.2 Å². The third-order valence-corrected chi connectivity index (χ3v) is 6.57. The zero-order valence-electron chi connectivity index (χ0n) is 10.4. The fourth-order valence-electron chi connectivity index (χ4n) is 2.55. The lowest BCUT2D eigenvalue weighted by molar-refractivity contribution is 0.415. The molecule has 2 aliphatic heterocycles. The molecule has 2 saturated heterocycles. The van der Waals surface area contributed by atoms with Crippen LogP contribution in [0.3, 0.4) is 0 Å². The monoisotopic (exact) mass is 298 g/mol. The van der Waals surface area contributed by atoms with Gasteiger partial charge in [0.25, 0.3) is 0 Å². The summed E-state index contributed by atoms with van der Waals surface area (Å²) in [6.07, 6.45) is 0. The summed E-state index contributed by atoms with van der Waals surface area (Å²) in [5, 5.41) is 8.44. The Morgan fingerprint density at radius 3 is 2.63 bits per heavy atom. The molecule has 2 aliphatic rings. The van der Waals surface area contributed by atoms with Crippen LogP contribution in [0.25, 0.3) is 0 Å². The van der Waals surface area contributed by atoms with Gasteiger partial charge in [-0.1, -0.05) is 11.8 Å². The molecule has 102 valence electrons. The summed E-state index contributed by atoms with van der Waals surface area (Å²) in [6, 6.07) is 7.26. The molecular formula is C12H14N2O3S2. The number of fused-ring (bicyclic) bond motifs is 1. The maximum atomic E-state index is 11.7. The van der Waals surface area contributed by atoms with Gasteiger partial charge >= 0.3 is 0 Å². The number of anilines is 1. The summed E-state index contributed by atoms with van der Waals surface area (Å²) in [5.41, 5.74) is 0.850. The average Bonchev–Trinajstić information content (AvgIpc) is 2.79. The molecule has 0 unspecified atom stereocenters. The van der Waals surface area contributed by atoms with Crippen LogP contribution in [0, 0.1) is 5.41 Å². The van der Waals surface area contributed by atoms with Gasteiger partial charge in [-0.05, 0) is 24.3 Å². The van der Waals surface area contributed by atoms with Crippen molar-refractivity contribution in [1.82, 2.24) is 0 Å². The Morgan fingerprint density at radius 2 is 2.00 bits per heavy atom. The number of hydrogen-bond donors (Lipinski definition) is 1. The highest BCUT2D eigenvalue weighted by atomic mass is 32.2. The molecule has 1 aromatic carbocycles. The predicted octanol–water partition coefficient (Wildman–Crippen LogP) is 1.35. The fraction of sp³-hybridized carbons (Fsp3) is 0.417. The van der Waals surface area contributed by atoms with Gasteiger partial charge in [0.2, 0.25) is 0 Å². The van der Waals surface area contributed by atoms with Crippen molar-refractivity contribution in [3.05, 3.63) is 24.3 Å². The van der Waals surface area contributed by atoms with Crippen molar-refractivity contribution in [2.45, 2.75) is 11.3 Å². The van der Waals surface area contributed by atoms with E-state index in [2.05, 4.69) is 0 Å². The smallest absolute Gasteiger partial charge is 0.161 e. The zero-order valence-corrected chi connectivity index (χ0v) is 12.0. The molecule has 2 atom stereocenters. The van der Waals surface area contributed by atoms with E-state index in [4.69, 9.17) is 10.1 Å². The molecule has 0 spiro atoms. The topological polar surface area (TPSA) is 70.5 Å². The molecule has 5 nitrogen and oxygen atoms in total. The zero-order chi connectivity index (χ0) is 13.6. The van der Waals surface area contributed by atoms with E-state index in [0.717, 1.165) is 11.4 Å². The maximum absolute atomic E-state index is 11.7. The minimum Gasteiger partial charge on any atom is -0.497 e. The first-order valence-corrected chi connectivity index (χ1v) is 8.59. The molecule has 7 heteroatoms. The first-order chi connectivity index (χ1) is 9.00. The molecule has 0 saturated carbocycles. The van der Waals surface area contributed by atoms with Crippen molar-refractivity contribution in [3.8, 4) is 5.75 Å². The van der Waals surface area contributed by atoms with Crippen LogP contribution in [-0.4, -0.2) is 43.5 Å². The molecular weight excluding hydrogens is 284 g/mol. The number of ether oxygens (including phenoxy) is 1. The number of nitrogens with one attached hydrogen (secondary N) is 1. The number of nitrogens with zero attached hydrogens (tertiary/aromatic N) is 1. The van der Waals surface area contributed by atoms with Crippen LogP contribution in [0.15, 0.2) is 24.3 Å². The van der Waals surface area contributed by atoms with Gasteiger partial charge in [0.05, 0.1) is 24.7 Å². The Balaban J connectivity index is 1.92. The highest BCUT2D eigenvalue weighted by Crippen LogP contribution is 2.40. The first kappa shape index (κ1) is 12.8. The maximum Gasteiger partial charge on any atom is 0.161 e. The molecule has 1 aromatic rings. The van der Waals surface area contributed by atoms with Gasteiger partial charge in [0.15, 0.2) is 15.0 Å². The first-order valence-electron chi connectivity index (χ1n) is 5.89. The Bertz CT molecular complexity index is 612. The predicted molar refractivity (Wildman–Crippen MR) is 77.0 cm³/mol. The van der Waals surface area contributed by atoms with Crippen molar-refractivity contribution in [2.75, 3.05) is 23.5 Å². The molecule has 2 heterocycles. The molecule has 2 fully saturated rings. The van der Waals surface area contributed by atoms with Crippen LogP contribution in [0.1, 0.15) is 0 Å². The number of hydrogen-bond acceptors (Lipinski definition) is 5. The average molecular weight is 298 g/mol. The van der Waals surface area contributed by atoms with E-state index in [1.165, 1.54) is 11.8 Å². The van der Waals surface area contributed by atoms with Crippen LogP contribution in [0.5, 0.6) is 5.75 Å². The lowest BCUT2D eigenvalue weighted by Gasteiger charge is -2.23. The van der Waals surface area contributed by atoms with E-state index < -0.39 is 9.84 Å². The second-order valence-electron chi connectivity index (χ2n) is 4.67. The van der Waals surface area contributed by atoms with E-state index in [1.807, 2.05) is 29.2 Å². The van der Waals surface area contributed by atoms with E-state index in [1.54, 1.807) is 7.11 Å². The molecule has 0 bridgehead atoms. The van der Waals surface area contributed by atoms with Gasteiger partial charge in [-0.2, -0.15) is 0 Å². The second kappa shape index (κ2) is 4.42. The van der Waals surface area contributed by atoms with E-state index in [9.17, 15) is 8.42 Å². The summed E-state index contributed by atoms with van der Waals surface area (Å²) in [7, 11) is -1.37. The van der Waals surface area contributed by atoms with E-state index >= 15 is 0 Å². The van der Waals surface area contributed by atoms with E-state index in [0.29, 0.717) is 5.17 Å². The van der Waals surface area contributed by atoms with E-state index in [-0.39, 0.29) is 22.8 Å². The summed E-state index contributed by atoms with van der Waals surface area (Å²) in [4.78, 5) is 1.82. The standard InChI is InChI=1S/C12H14N2O3S2/c1-17-9-4-2-8(3-5-9)14-10-6-19(15,16)7-11(10)18-12(14)13/h2-5,10-11,13H,6-7H2,1H3/t10-,11+/m1/s1. The molecule has 0 aromatic heterocycles. The van der Waals surface area contributed by atoms with Gasteiger partial charge in [-0.25, -0.2) is 8.42 Å². The summed E-state index contributed by atoms with van der Waals surface area (Å²) in [5.74, 6) is 1.06. The number of sulfone groups is 1. The van der Waals surface area contributed by atoms with Crippen molar-refractivity contribution in [1.29, 1.82) is 5.41 Å². The summed E-state index contributed by atoms with van der Waals surface area (Å²) >= 11 is 1.35. The largest absolute Gasteiger partial charge is 0.497 e. The van der Waals surface area contributed by atoms with Crippen LogP contribution >= 0.6 is 11.8 Å². The lowest BCUT2D eigenvalue weighted by Crippen LogP contribution is -2.37. The molecule has 3 rings (SSSR count). The number of benzene rings is 1. The minimum atomic E-state index is -2.97. The Labute approximate surface area is 116 Å². The molecule has 0 radical (unpaired) electrons. The quantitative estimate of drug-likeness (QED) is 0.892. The van der Waals surface area contributed by atoms with Crippen LogP contribution in [0.4, 0.5) is 5.69 Å². The number of amidine groups is 1. The third-order valence-electron chi connectivity index (χ3n) is 3.44. The van der Waals surface area contributed by atoms with Gasteiger partial charge in [-0.15, -0.1) is 0 Å². The SMILES string of the molecule is COc1ccc(N2C(=N)S[C@H]3CS(=O)(=O)C[C@H]32)cc1. The van der Waals surface area contributed by atoms with Crippen LogP contribution in [-0.2, 0) is 9.84 Å². The highest BCUT2D eigenvalue weighted by molar-refractivity contribution is 8.15. The summed E-state index contributed by atoms with van der Waals surface area (Å²) in [6.45, 7) is 0. The van der Waals surface area contributed by atoms with Gasteiger partial charge < -0.3 is 9.64 Å². The van der Waals surface area contributed by atoms with Crippen molar-refractivity contribution in [2.24, 2.45) is 0 Å². The van der Waals surface area contributed by atoms with Crippen molar-refractivity contribution >= 4 is 32.5 Å². The van der Waals surface area contributed by atoms with Gasteiger partial charge in [0.1, 0.15) is 5.75 Å². The minimum absolute atomic E-state index is 0.0143. The number of thioether (sulfide) groups is 1.